The van der Waals surface area contributed by atoms with E-state index in [0.29, 0.717) is 34.7 Å². The summed E-state index contributed by atoms with van der Waals surface area (Å²) in [4.78, 5) is 36.7. The van der Waals surface area contributed by atoms with Gasteiger partial charge in [0.15, 0.2) is 12.4 Å². The molecule has 6 nitrogen and oxygen atoms in total. The van der Waals surface area contributed by atoms with Crippen molar-refractivity contribution in [2.24, 2.45) is 0 Å². The van der Waals surface area contributed by atoms with Gasteiger partial charge in [0.2, 0.25) is 0 Å². The van der Waals surface area contributed by atoms with Crippen LogP contribution in [0.4, 0.5) is 5.69 Å². The average molecular weight is 403 g/mol. The topological polar surface area (TPSA) is 81.7 Å². The quantitative estimate of drug-likeness (QED) is 0.342. The van der Waals surface area contributed by atoms with Crippen molar-refractivity contribution in [3.63, 3.8) is 0 Å². The van der Waals surface area contributed by atoms with Crippen LogP contribution in [0.1, 0.15) is 38.0 Å². The van der Waals surface area contributed by atoms with Gasteiger partial charge < -0.3 is 14.8 Å². The zero-order chi connectivity index (χ0) is 21.3. The van der Waals surface area contributed by atoms with Gasteiger partial charge in [-0.1, -0.05) is 30.3 Å². The molecule has 152 valence electrons. The molecule has 0 atom stereocenters. The van der Waals surface area contributed by atoms with E-state index in [1.165, 1.54) is 24.3 Å². The Morgan fingerprint density at radius 2 is 1.43 bits per heavy atom. The van der Waals surface area contributed by atoms with Crippen molar-refractivity contribution < 1.29 is 23.9 Å². The molecular weight excluding hydrogens is 382 g/mol. The zero-order valence-corrected chi connectivity index (χ0v) is 16.5. The first-order valence-electron chi connectivity index (χ1n) is 9.49. The number of carbonyl (C=O) groups is 3. The number of Topliss-reactive ketones (excluding diaryl/α,β-unsaturated/α-hetero) is 1. The Labute approximate surface area is 174 Å². The highest BCUT2D eigenvalue weighted by atomic mass is 16.5. The molecular formula is C24H21NO5. The Hall–Kier alpha value is -3.93. The lowest BCUT2D eigenvalue weighted by Crippen LogP contribution is -2.16. The summed E-state index contributed by atoms with van der Waals surface area (Å²) in [7, 11) is 0. The predicted octanol–water partition coefficient (Wildman–Crippen LogP) is 4.38. The summed E-state index contributed by atoms with van der Waals surface area (Å²) in [5, 5.41) is 3.08. The van der Waals surface area contributed by atoms with Crippen molar-refractivity contribution in [3.05, 3.63) is 95.6 Å². The second-order valence-corrected chi connectivity index (χ2v) is 6.36. The fraction of sp³-hybridized carbons (Fsp3) is 0.125. The minimum absolute atomic E-state index is 0.317. The molecule has 0 aliphatic heterocycles. The van der Waals surface area contributed by atoms with Gasteiger partial charge in [0.05, 0.1) is 11.1 Å². The molecule has 0 amide bonds. The third kappa shape index (κ3) is 5.32. The average Bonchev–Trinajstić information content (AvgIpc) is 2.79. The van der Waals surface area contributed by atoms with E-state index in [0.717, 1.165) is 0 Å². The first-order valence-corrected chi connectivity index (χ1v) is 9.49. The highest BCUT2D eigenvalue weighted by Crippen LogP contribution is 2.17. The number of para-hydroxylation sites is 1. The van der Waals surface area contributed by atoms with Crippen LogP contribution in [0.5, 0.6) is 5.75 Å². The lowest BCUT2D eigenvalue weighted by molar-refractivity contribution is 0.0475. The summed E-state index contributed by atoms with van der Waals surface area (Å²) >= 11 is 0. The van der Waals surface area contributed by atoms with Crippen LogP contribution in [-0.4, -0.2) is 30.9 Å². The number of nitrogens with one attached hydrogen (secondary N) is 1. The minimum atomic E-state index is -0.576. The molecule has 6 heteroatoms. The Balaban J connectivity index is 1.57. The lowest BCUT2D eigenvalue weighted by Gasteiger charge is -2.10. The van der Waals surface area contributed by atoms with Gasteiger partial charge in [-0.3, -0.25) is 4.79 Å². The normalized spacial score (nSPS) is 10.2. The molecule has 0 spiro atoms. The van der Waals surface area contributed by atoms with Crippen molar-refractivity contribution in [1.82, 2.24) is 0 Å². The van der Waals surface area contributed by atoms with Gasteiger partial charge in [-0.25, -0.2) is 9.59 Å². The van der Waals surface area contributed by atoms with Gasteiger partial charge in [0.25, 0.3) is 0 Å². The largest absolute Gasteiger partial charge is 0.454 e. The molecule has 0 bridgehead atoms. The van der Waals surface area contributed by atoms with Crippen LogP contribution in [0.3, 0.4) is 0 Å². The molecule has 0 fully saturated rings. The summed E-state index contributed by atoms with van der Waals surface area (Å²) in [6.07, 6.45) is 0. The van der Waals surface area contributed by atoms with Crippen molar-refractivity contribution in [3.8, 4) is 5.75 Å². The first kappa shape index (κ1) is 20.8. The smallest absolute Gasteiger partial charge is 0.343 e. The molecule has 30 heavy (non-hydrogen) atoms. The second-order valence-electron chi connectivity index (χ2n) is 6.36. The maximum absolute atomic E-state index is 12.3. The number of carbonyl (C=O) groups excluding carboxylic acids is 3. The van der Waals surface area contributed by atoms with E-state index in [4.69, 9.17) is 9.47 Å². The standard InChI is InChI=1S/C24H21NO5/c1-2-25-21-11-7-6-10-20(21)24(28)29-16-22(26)17-12-14-19(15-13-17)30-23(27)18-8-4-3-5-9-18/h3-15,25H,2,16H2,1H3. The molecule has 3 aromatic rings. The number of ketones is 1. The number of rotatable bonds is 8. The van der Waals surface area contributed by atoms with Crippen molar-refractivity contribution in [2.75, 3.05) is 18.5 Å². The Morgan fingerprint density at radius 1 is 0.767 bits per heavy atom. The summed E-state index contributed by atoms with van der Waals surface area (Å²) in [5.41, 5.74) is 1.81. The summed E-state index contributed by atoms with van der Waals surface area (Å²) < 4.78 is 10.5. The van der Waals surface area contributed by atoms with Crippen molar-refractivity contribution in [1.29, 1.82) is 0 Å². The molecule has 0 aliphatic carbocycles. The van der Waals surface area contributed by atoms with Gasteiger partial charge in [-0.15, -0.1) is 0 Å². The fourth-order valence-corrected chi connectivity index (χ4v) is 2.75. The predicted molar refractivity (Wildman–Crippen MR) is 113 cm³/mol. The van der Waals surface area contributed by atoms with Gasteiger partial charge in [0, 0.05) is 17.8 Å². The number of benzene rings is 3. The van der Waals surface area contributed by atoms with Crippen molar-refractivity contribution in [2.45, 2.75) is 6.92 Å². The van der Waals surface area contributed by atoms with Crippen LogP contribution in [0.2, 0.25) is 0 Å². The minimum Gasteiger partial charge on any atom is -0.454 e. The van der Waals surface area contributed by atoms with Gasteiger partial charge in [0.1, 0.15) is 5.75 Å². The molecule has 0 saturated carbocycles. The molecule has 0 unspecified atom stereocenters. The highest BCUT2D eigenvalue weighted by Gasteiger charge is 2.15. The van der Waals surface area contributed by atoms with Crippen LogP contribution < -0.4 is 10.1 Å². The highest BCUT2D eigenvalue weighted by molar-refractivity contribution is 6.01. The number of hydrogen-bond donors (Lipinski definition) is 1. The monoisotopic (exact) mass is 403 g/mol. The molecule has 0 saturated heterocycles. The third-order valence-electron chi connectivity index (χ3n) is 4.24. The van der Waals surface area contributed by atoms with E-state index in [9.17, 15) is 14.4 Å². The number of anilines is 1. The Bertz CT molecular complexity index is 1030. The molecule has 0 radical (unpaired) electrons. The molecule has 0 aromatic heterocycles. The lowest BCUT2D eigenvalue weighted by atomic mass is 10.1. The van der Waals surface area contributed by atoms with Gasteiger partial charge >= 0.3 is 11.9 Å². The van der Waals surface area contributed by atoms with Crippen LogP contribution in [-0.2, 0) is 4.74 Å². The fourth-order valence-electron chi connectivity index (χ4n) is 2.75. The van der Waals surface area contributed by atoms with E-state index < -0.39 is 11.9 Å². The van der Waals surface area contributed by atoms with Gasteiger partial charge in [-0.05, 0) is 55.5 Å². The molecule has 3 rings (SSSR count). The van der Waals surface area contributed by atoms with Crippen LogP contribution in [0.15, 0.2) is 78.9 Å². The Kier molecular flexibility index (Phi) is 6.95. The molecule has 3 aromatic carbocycles. The van der Waals surface area contributed by atoms with E-state index in [1.807, 2.05) is 19.1 Å². The summed E-state index contributed by atoms with van der Waals surface area (Å²) in [6, 6.07) is 21.7. The molecule has 1 N–H and O–H groups in total. The maximum atomic E-state index is 12.3. The first-order chi connectivity index (χ1) is 14.6. The van der Waals surface area contributed by atoms with Crippen LogP contribution >= 0.6 is 0 Å². The number of hydrogen-bond acceptors (Lipinski definition) is 6. The van der Waals surface area contributed by atoms with E-state index in [1.54, 1.807) is 42.5 Å². The van der Waals surface area contributed by atoms with E-state index in [2.05, 4.69) is 5.32 Å². The molecule has 0 aliphatic rings. The van der Waals surface area contributed by atoms with Gasteiger partial charge in [-0.2, -0.15) is 0 Å². The summed E-state index contributed by atoms with van der Waals surface area (Å²) in [5.74, 6) is -1.10. The Morgan fingerprint density at radius 3 is 2.13 bits per heavy atom. The number of ether oxygens (including phenoxy) is 2. The summed E-state index contributed by atoms with van der Waals surface area (Å²) in [6.45, 7) is 2.19. The van der Waals surface area contributed by atoms with Crippen LogP contribution in [0, 0.1) is 0 Å². The zero-order valence-electron chi connectivity index (χ0n) is 16.5. The maximum Gasteiger partial charge on any atom is 0.343 e. The van der Waals surface area contributed by atoms with E-state index >= 15 is 0 Å². The van der Waals surface area contributed by atoms with E-state index in [-0.39, 0.29) is 12.4 Å². The SMILES string of the molecule is CCNc1ccccc1C(=O)OCC(=O)c1ccc(OC(=O)c2ccccc2)cc1. The van der Waals surface area contributed by atoms with Crippen LogP contribution in [0.25, 0.3) is 0 Å². The molecule has 0 heterocycles. The number of esters is 2. The van der Waals surface area contributed by atoms with Crippen molar-refractivity contribution >= 4 is 23.4 Å². The third-order valence-corrected chi connectivity index (χ3v) is 4.24. The second kappa shape index (κ2) is 10.0.